The molecular weight excluding hydrogens is 424 g/mol. The lowest BCUT2D eigenvalue weighted by molar-refractivity contribution is -0.0884. The number of benzene rings is 2. The standard InChI is InChI=1S/C21H13F6N3O/c1-9-6-14-15(7-10(9)2)30-18(20(22,23)24)13-8-12(19(31)21(25,26)27)11-4-3-5-28-16(11)17(13)29-14/h3-8,29H,1-2H3. The first-order valence-corrected chi connectivity index (χ1v) is 8.95. The Balaban J connectivity index is 2.13. The molecule has 0 radical (unpaired) electrons. The maximum atomic E-state index is 14.0. The maximum absolute atomic E-state index is 14.0. The van der Waals surface area contributed by atoms with Gasteiger partial charge in [0.1, 0.15) is 0 Å². The van der Waals surface area contributed by atoms with Gasteiger partial charge in [-0.05, 0) is 49.2 Å². The van der Waals surface area contributed by atoms with E-state index in [0.29, 0.717) is 11.6 Å². The number of carbonyl (C=O) groups is 1. The van der Waals surface area contributed by atoms with Crippen molar-refractivity contribution in [1.82, 2.24) is 4.98 Å². The number of Topliss-reactive ketones (excluding diaryl/α,β-unsaturated/α-hetero) is 1. The molecule has 0 amide bonds. The van der Waals surface area contributed by atoms with Gasteiger partial charge in [-0.25, -0.2) is 4.99 Å². The van der Waals surface area contributed by atoms with Crippen molar-refractivity contribution in [3.05, 3.63) is 58.8 Å². The summed E-state index contributed by atoms with van der Waals surface area (Å²) in [5.41, 5.74) is -1.72. The number of ketones is 1. The van der Waals surface area contributed by atoms with Crippen LogP contribution in [0.25, 0.3) is 10.9 Å². The SMILES string of the molecule is Cc1cc2c(cc1C)Nc1c(cc(C(=O)C(F)(F)F)c3cccnc13)C(C(F)(F)F)=N2. The van der Waals surface area contributed by atoms with Crippen LogP contribution >= 0.6 is 0 Å². The van der Waals surface area contributed by atoms with Crippen molar-refractivity contribution in [3.8, 4) is 0 Å². The largest absolute Gasteiger partial charge is 0.454 e. The summed E-state index contributed by atoms with van der Waals surface area (Å²) in [7, 11) is 0. The molecule has 0 atom stereocenters. The number of aryl methyl sites for hydroxylation is 2. The Morgan fingerprint density at radius 3 is 2.32 bits per heavy atom. The van der Waals surface area contributed by atoms with Crippen molar-refractivity contribution >= 4 is 39.5 Å². The molecule has 0 bridgehead atoms. The van der Waals surface area contributed by atoms with Gasteiger partial charge in [0.25, 0.3) is 5.78 Å². The van der Waals surface area contributed by atoms with E-state index in [9.17, 15) is 31.1 Å². The molecule has 0 aliphatic carbocycles. The van der Waals surface area contributed by atoms with Crippen LogP contribution in [-0.4, -0.2) is 28.8 Å². The highest BCUT2D eigenvalue weighted by Crippen LogP contribution is 2.43. The molecule has 4 rings (SSSR count). The van der Waals surface area contributed by atoms with E-state index in [1.807, 2.05) is 0 Å². The Morgan fingerprint density at radius 2 is 1.68 bits per heavy atom. The Labute approximate surface area is 171 Å². The van der Waals surface area contributed by atoms with Crippen molar-refractivity contribution < 1.29 is 31.1 Å². The van der Waals surface area contributed by atoms with E-state index in [1.165, 1.54) is 24.4 Å². The van der Waals surface area contributed by atoms with Gasteiger partial charge in [0.05, 0.1) is 22.6 Å². The number of carbonyl (C=O) groups excluding carboxylic acids is 1. The molecule has 160 valence electrons. The minimum absolute atomic E-state index is 0.0283. The van der Waals surface area contributed by atoms with Crippen LogP contribution in [0.1, 0.15) is 27.0 Å². The van der Waals surface area contributed by atoms with Gasteiger partial charge in [0.2, 0.25) is 0 Å². The van der Waals surface area contributed by atoms with Crippen molar-refractivity contribution in [2.75, 3.05) is 5.32 Å². The number of nitrogens with one attached hydrogen (secondary N) is 1. The number of alkyl halides is 6. The third-order valence-corrected chi connectivity index (χ3v) is 5.02. The van der Waals surface area contributed by atoms with Gasteiger partial charge in [-0.15, -0.1) is 0 Å². The molecule has 0 unspecified atom stereocenters. The van der Waals surface area contributed by atoms with Gasteiger partial charge in [0, 0.05) is 22.7 Å². The zero-order valence-electron chi connectivity index (χ0n) is 16.0. The van der Waals surface area contributed by atoms with Crippen LogP contribution in [0.4, 0.5) is 43.4 Å². The highest BCUT2D eigenvalue weighted by molar-refractivity contribution is 6.21. The smallest absolute Gasteiger partial charge is 0.351 e. The average Bonchev–Trinajstić information content (AvgIpc) is 2.83. The van der Waals surface area contributed by atoms with Crippen molar-refractivity contribution in [2.45, 2.75) is 26.2 Å². The molecule has 0 saturated heterocycles. The fourth-order valence-electron chi connectivity index (χ4n) is 3.42. The molecule has 2 heterocycles. The molecule has 1 aliphatic heterocycles. The number of hydrogen-bond donors (Lipinski definition) is 1. The van der Waals surface area contributed by atoms with Crippen LogP contribution < -0.4 is 5.32 Å². The van der Waals surface area contributed by atoms with Gasteiger partial charge in [-0.2, -0.15) is 26.3 Å². The lowest BCUT2D eigenvalue weighted by Gasteiger charge is -2.18. The lowest BCUT2D eigenvalue weighted by atomic mass is 9.96. The Morgan fingerprint density at radius 1 is 1.00 bits per heavy atom. The van der Waals surface area contributed by atoms with E-state index < -0.39 is 35.0 Å². The summed E-state index contributed by atoms with van der Waals surface area (Å²) in [6.45, 7) is 3.46. The summed E-state index contributed by atoms with van der Waals surface area (Å²) in [6, 6.07) is 6.15. The van der Waals surface area contributed by atoms with E-state index in [-0.39, 0.29) is 28.0 Å². The number of halogens is 6. The Hall–Kier alpha value is -3.43. The second-order valence-corrected chi connectivity index (χ2v) is 7.11. The van der Waals surface area contributed by atoms with Crippen LogP contribution in [0.2, 0.25) is 0 Å². The number of nitrogens with zero attached hydrogens (tertiary/aromatic N) is 2. The van der Waals surface area contributed by atoms with Gasteiger partial charge in [-0.3, -0.25) is 9.78 Å². The minimum atomic E-state index is -5.28. The highest BCUT2D eigenvalue weighted by Gasteiger charge is 2.44. The molecule has 1 aromatic heterocycles. The minimum Gasteiger partial charge on any atom is -0.351 e. The van der Waals surface area contributed by atoms with Crippen LogP contribution in [0.15, 0.2) is 41.5 Å². The number of fused-ring (bicyclic) bond motifs is 4. The second kappa shape index (κ2) is 6.79. The van der Waals surface area contributed by atoms with Gasteiger partial charge < -0.3 is 5.32 Å². The number of rotatable bonds is 1. The Bertz CT molecular complexity index is 1270. The Kier molecular flexibility index (Phi) is 4.56. The molecule has 0 fully saturated rings. The molecule has 1 aliphatic rings. The summed E-state index contributed by atoms with van der Waals surface area (Å²) >= 11 is 0. The van der Waals surface area contributed by atoms with Crippen molar-refractivity contribution in [3.63, 3.8) is 0 Å². The van der Waals surface area contributed by atoms with Gasteiger partial charge in [-0.1, -0.05) is 6.07 Å². The molecule has 10 heteroatoms. The molecule has 2 aromatic carbocycles. The predicted molar refractivity (Wildman–Crippen MR) is 104 cm³/mol. The topological polar surface area (TPSA) is 54.4 Å². The first-order valence-electron chi connectivity index (χ1n) is 8.95. The predicted octanol–water partition coefficient (Wildman–Crippen LogP) is 6.34. The molecule has 0 saturated carbocycles. The molecule has 4 nitrogen and oxygen atoms in total. The average molecular weight is 437 g/mol. The summed E-state index contributed by atoms with van der Waals surface area (Å²) in [5, 5.41) is 2.63. The van der Waals surface area contributed by atoms with Crippen LogP contribution in [-0.2, 0) is 0 Å². The quantitative estimate of drug-likeness (QED) is 0.357. The fraction of sp³-hybridized carbons (Fsp3) is 0.190. The number of aromatic nitrogens is 1. The summed E-state index contributed by atoms with van der Waals surface area (Å²) in [6.07, 6.45) is -9.05. The summed E-state index contributed by atoms with van der Waals surface area (Å²) in [4.78, 5) is 19.7. The highest BCUT2D eigenvalue weighted by atomic mass is 19.4. The molecule has 31 heavy (non-hydrogen) atoms. The zero-order valence-corrected chi connectivity index (χ0v) is 16.0. The van der Waals surface area contributed by atoms with Crippen LogP contribution in [0, 0.1) is 13.8 Å². The number of hydrogen-bond acceptors (Lipinski definition) is 4. The van der Waals surface area contributed by atoms with Crippen molar-refractivity contribution in [1.29, 1.82) is 0 Å². The third-order valence-electron chi connectivity index (χ3n) is 5.02. The monoisotopic (exact) mass is 437 g/mol. The zero-order chi connectivity index (χ0) is 22.7. The fourth-order valence-corrected chi connectivity index (χ4v) is 3.42. The number of aliphatic imine (C=N–C) groups is 1. The van der Waals surface area contributed by atoms with Crippen molar-refractivity contribution in [2.24, 2.45) is 4.99 Å². The third kappa shape index (κ3) is 3.51. The first kappa shape index (κ1) is 20.8. The van der Waals surface area contributed by atoms with E-state index in [2.05, 4.69) is 15.3 Å². The van der Waals surface area contributed by atoms with E-state index in [0.717, 1.165) is 5.56 Å². The van der Waals surface area contributed by atoms with Crippen LogP contribution in [0.3, 0.4) is 0 Å². The first-order chi connectivity index (χ1) is 14.4. The lowest BCUT2D eigenvalue weighted by Crippen LogP contribution is -2.27. The number of pyridine rings is 1. The summed E-state index contributed by atoms with van der Waals surface area (Å²) < 4.78 is 81.4. The maximum Gasteiger partial charge on any atom is 0.454 e. The molecule has 1 N–H and O–H groups in total. The van der Waals surface area contributed by atoms with E-state index >= 15 is 0 Å². The second-order valence-electron chi connectivity index (χ2n) is 7.11. The summed E-state index contributed by atoms with van der Waals surface area (Å²) in [5.74, 6) is -2.26. The normalized spacial score (nSPS) is 13.7. The van der Waals surface area contributed by atoms with Crippen LogP contribution in [0.5, 0.6) is 0 Å². The van der Waals surface area contributed by atoms with Gasteiger partial charge >= 0.3 is 12.4 Å². The number of anilines is 2. The van der Waals surface area contributed by atoms with E-state index in [4.69, 9.17) is 0 Å². The molecule has 3 aromatic rings. The molecule has 0 spiro atoms. The van der Waals surface area contributed by atoms with Gasteiger partial charge in [0.15, 0.2) is 5.71 Å². The van der Waals surface area contributed by atoms with E-state index in [1.54, 1.807) is 19.9 Å². The molecular formula is C21H13F6N3O.